The maximum atomic E-state index is 11.9. The first kappa shape index (κ1) is 20.0. The van der Waals surface area contributed by atoms with E-state index in [1.165, 1.54) is 31.2 Å². The predicted octanol–water partition coefficient (Wildman–Crippen LogP) is 4.87. The minimum atomic E-state index is 0.0312. The second kappa shape index (κ2) is 9.93. The molecule has 1 saturated carbocycles. The van der Waals surface area contributed by atoms with E-state index in [0.717, 1.165) is 56.3 Å². The third kappa shape index (κ3) is 5.60. The lowest BCUT2D eigenvalue weighted by Crippen LogP contribution is -2.34. The zero-order valence-electron chi connectivity index (χ0n) is 17.2. The number of hydrogen-bond donors (Lipinski definition) is 1. The second-order valence-corrected chi connectivity index (χ2v) is 8.50. The number of likely N-dealkylation sites (tertiary alicyclic amines) is 1. The van der Waals surface area contributed by atoms with E-state index < -0.39 is 0 Å². The van der Waals surface area contributed by atoms with Gasteiger partial charge in [-0.2, -0.15) is 0 Å². The minimum Gasteiger partial charge on any atom is -0.493 e. The first-order chi connectivity index (χ1) is 14.3. The normalized spacial score (nSPS) is 19.2. The van der Waals surface area contributed by atoms with Crippen LogP contribution in [0.1, 0.15) is 49.7 Å². The van der Waals surface area contributed by atoms with Crippen LogP contribution in [0.4, 0.5) is 0 Å². The number of ether oxygens (including phenoxy) is 1. The molecule has 0 radical (unpaired) electrons. The van der Waals surface area contributed by atoms with Crippen molar-refractivity contribution < 1.29 is 4.74 Å². The average molecular weight is 393 g/mol. The van der Waals surface area contributed by atoms with Gasteiger partial charge in [-0.25, -0.2) is 0 Å². The number of para-hydroxylation sites is 1. The van der Waals surface area contributed by atoms with Crippen molar-refractivity contribution in [1.29, 1.82) is 0 Å². The van der Waals surface area contributed by atoms with Gasteiger partial charge in [0.25, 0.3) is 5.56 Å². The van der Waals surface area contributed by atoms with Gasteiger partial charge in [0.15, 0.2) is 0 Å². The Kier molecular flexibility index (Phi) is 6.83. The van der Waals surface area contributed by atoms with Gasteiger partial charge in [0.1, 0.15) is 5.75 Å². The standard InChI is InChI=1S/C25H32N2O2/c28-25-23(9-5-15-26-25)18-27-16-13-20(14-17-27)11-12-22-8-3-4-10-24(22)29-19-21-6-1-2-7-21/h3-5,8-12,15,20-21H,1-2,6-7,13-14,16-19H2,(H,26,28). The quantitative estimate of drug-likeness (QED) is 0.731. The van der Waals surface area contributed by atoms with Crippen molar-refractivity contribution >= 4 is 6.08 Å². The van der Waals surface area contributed by atoms with Gasteiger partial charge in [0, 0.05) is 23.9 Å². The van der Waals surface area contributed by atoms with Gasteiger partial charge < -0.3 is 9.72 Å². The van der Waals surface area contributed by atoms with Crippen LogP contribution in [0.2, 0.25) is 0 Å². The number of aromatic nitrogens is 1. The first-order valence-electron chi connectivity index (χ1n) is 11.1. The van der Waals surface area contributed by atoms with Crippen LogP contribution < -0.4 is 10.3 Å². The smallest absolute Gasteiger partial charge is 0.252 e. The number of nitrogens with one attached hydrogen (secondary N) is 1. The van der Waals surface area contributed by atoms with E-state index in [9.17, 15) is 4.79 Å². The highest BCUT2D eigenvalue weighted by Crippen LogP contribution is 2.28. The van der Waals surface area contributed by atoms with Gasteiger partial charge in [0.2, 0.25) is 0 Å². The van der Waals surface area contributed by atoms with Crippen LogP contribution in [0.5, 0.6) is 5.75 Å². The number of nitrogens with zero attached hydrogens (tertiary/aromatic N) is 1. The van der Waals surface area contributed by atoms with Crippen molar-refractivity contribution in [2.45, 2.75) is 45.1 Å². The van der Waals surface area contributed by atoms with Crippen molar-refractivity contribution in [1.82, 2.24) is 9.88 Å². The van der Waals surface area contributed by atoms with Gasteiger partial charge in [-0.15, -0.1) is 0 Å². The third-order valence-electron chi connectivity index (χ3n) is 6.34. The Morgan fingerprint density at radius 3 is 2.62 bits per heavy atom. The molecule has 0 spiro atoms. The van der Waals surface area contributed by atoms with Crippen LogP contribution in [-0.2, 0) is 6.54 Å². The Labute approximate surface area is 173 Å². The lowest BCUT2D eigenvalue weighted by Gasteiger charge is -2.30. The summed E-state index contributed by atoms with van der Waals surface area (Å²) in [6, 6.07) is 12.2. The number of piperidine rings is 1. The Balaban J connectivity index is 1.29. The summed E-state index contributed by atoms with van der Waals surface area (Å²) in [5, 5.41) is 0. The fourth-order valence-electron chi connectivity index (χ4n) is 4.50. The van der Waals surface area contributed by atoms with Crippen LogP contribution in [0.3, 0.4) is 0 Å². The summed E-state index contributed by atoms with van der Waals surface area (Å²) in [5.74, 6) is 2.33. The number of benzene rings is 1. The highest BCUT2D eigenvalue weighted by molar-refractivity contribution is 5.57. The molecule has 2 aromatic rings. The molecule has 4 heteroatoms. The lowest BCUT2D eigenvalue weighted by atomic mass is 9.95. The molecule has 0 bridgehead atoms. The van der Waals surface area contributed by atoms with Gasteiger partial charge in [-0.05, 0) is 62.7 Å². The van der Waals surface area contributed by atoms with Crippen LogP contribution >= 0.6 is 0 Å². The first-order valence-corrected chi connectivity index (χ1v) is 11.1. The van der Waals surface area contributed by atoms with Gasteiger partial charge in [0.05, 0.1) is 6.61 Å². The maximum absolute atomic E-state index is 11.9. The summed E-state index contributed by atoms with van der Waals surface area (Å²) in [6.45, 7) is 3.65. The summed E-state index contributed by atoms with van der Waals surface area (Å²) in [5.41, 5.74) is 2.07. The number of allylic oxidation sites excluding steroid dienone is 1. The summed E-state index contributed by atoms with van der Waals surface area (Å²) >= 11 is 0. The molecule has 2 fully saturated rings. The largest absolute Gasteiger partial charge is 0.493 e. The van der Waals surface area contributed by atoms with Crippen LogP contribution in [-0.4, -0.2) is 29.6 Å². The summed E-state index contributed by atoms with van der Waals surface area (Å²) in [7, 11) is 0. The molecule has 1 aliphatic heterocycles. The van der Waals surface area contributed by atoms with Gasteiger partial charge >= 0.3 is 0 Å². The molecular formula is C25H32N2O2. The van der Waals surface area contributed by atoms with Crippen molar-refractivity contribution in [2.75, 3.05) is 19.7 Å². The molecule has 0 atom stereocenters. The molecular weight excluding hydrogens is 360 g/mol. The highest BCUT2D eigenvalue weighted by Gasteiger charge is 2.19. The van der Waals surface area contributed by atoms with E-state index in [2.05, 4.69) is 46.3 Å². The molecule has 154 valence electrons. The Morgan fingerprint density at radius 1 is 1.03 bits per heavy atom. The van der Waals surface area contributed by atoms with E-state index in [4.69, 9.17) is 4.74 Å². The summed E-state index contributed by atoms with van der Waals surface area (Å²) < 4.78 is 6.16. The monoisotopic (exact) mass is 392 g/mol. The predicted molar refractivity (Wildman–Crippen MR) is 118 cm³/mol. The fourth-order valence-corrected chi connectivity index (χ4v) is 4.50. The molecule has 2 heterocycles. The van der Waals surface area contributed by atoms with Crippen molar-refractivity contribution in [3.63, 3.8) is 0 Å². The van der Waals surface area contributed by atoms with E-state index in [1.54, 1.807) is 6.20 Å². The van der Waals surface area contributed by atoms with Crippen molar-refractivity contribution in [3.8, 4) is 5.75 Å². The number of aromatic amines is 1. The van der Waals surface area contributed by atoms with Crippen LogP contribution in [0, 0.1) is 11.8 Å². The summed E-state index contributed by atoms with van der Waals surface area (Å²) in [6.07, 6.45) is 13.9. The molecule has 1 aliphatic carbocycles. The minimum absolute atomic E-state index is 0.0312. The molecule has 4 nitrogen and oxygen atoms in total. The topological polar surface area (TPSA) is 45.3 Å². The molecule has 0 amide bonds. The van der Waals surface area contributed by atoms with E-state index in [-0.39, 0.29) is 5.56 Å². The average Bonchev–Trinajstić information content (AvgIpc) is 3.28. The highest BCUT2D eigenvalue weighted by atomic mass is 16.5. The second-order valence-electron chi connectivity index (χ2n) is 8.50. The molecule has 1 aromatic heterocycles. The van der Waals surface area contributed by atoms with Crippen LogP contribution in [0.25, 0.3) is 6.08 Å². The molecule has 1 N–H and O–H groups in total. The Hall–Kier alpha value is -2.33. The SMILES string of the molecule is O=c1[nH]cccc1CN1CCC(C=Cc2ccccc2OCC2CCCC2)CC1. The fraction of sp³-hybridized carbons (Fsp3) is 0.480. The molecule has 4 rings (SSSR count). The maximum Gasteiger partial charge on any atom is 0.252 e. The molecule has 29 heavy (non-hydrogen) atoms. The van der Waals surface area contributed by atoms with Gasteiger partial charge in [-0.1, -0.05) is 49.3 Å². The summed E-state index contributed by atoms with van der Waals surface area (Å²) in [4.78, 5) is 17.0. The van der Waals surface area contributed by atoms with Gasteiger partial charge in [-0.3, -0.25) is 9.69 Å². The molecule has 1 aromatic carbocycles. The molecule has 2 aliphatic rings. The van der Waals surface area contributed by atoms with Crippen LogP contribution in [0.15, 0.2) is 53.5 Å². The third-order valence-corrected chi connectivity index (χ3v) is 6.34. The van der Waals surface area contributed by atoms with E-state index in [0.29, 0.717) is 5.92 Å². The zero-order chi connectivity index (χ0) is 19.9. The van der Waals surface area contributed by atoms with Crippen molar-refractivity contribution in [2.24, 2.45) is 11.8 Å². The number of H-pyrrole nitrogens is 1. The molecule has 1 saturated heterocycles. The van der Waals surface area contributed by atoms with E-state index >= 15 is 0 Å². The Bertz CT molecular complexity index is 859. The number of rotatable bonds is 7. The van der Waals surface area contributed by atoms with E-state index in [1.807, 2.05) is 12.1 Å². The number of pyridine rings is 1. The lowest BCUT2D eigenvalue weighted by molar-refractivity contribution is 0.195. The molecule has 0 unspecified atom stereocenters. The van der Waals surface area contributed by atoms with Crippen molar-refractivity contribution in [3.05, 3.63) is 70.2 Å². The zero-order valence-corrected chi connectivity index (χ0v) is 17.2. The number of hydrogen-bond acceptors (Lipinski definition) is 3. The Morgan fingerprint density at radius 2 is 1.83 bits per heavy atom.